The molecule has 1 atom stereocenters. The maximum atomic E-state index is 12.7. The number of hydrogen-bond donors (Lipinski definition) is 2. The van der Waals surface area contributed by atoms with Gasteiger partial charge in [-0.25, -0.2) is 4.39 Å². The SMILES string of the molecule is O=C(CCCOc1ccc(F)cc1)NC(CO)c1ccco1. The van der Waals surface area contributed by atoms with Gasteiger partial charge >= 0.3 is 0 Å². The van der Waals surface area contributed by atoms with Gasteiger partial charge in [0.05, 0.1) is 19.5 Å². The van der Waals surface area contributed by atoms with Gasteiger partial charge in [-0.3, -0.25) is 4.79 Å². The third-order valence-electron chi connectivity index (χ3n) is 3.03. The monoisotopic (exact) mass is 307 g/mol. The van der Waals surface area contributed by atoms with Crippen molar-refractivity contribution in [2.45, 2.75) is 18.9 Å². The van der Waals surface area contributed by atoms with Crippen LogP contribution in [0.5, 0.6) is 5.75 Å². The fourth-order valence-corrected chi connectivity index (χ4v) is 1.92. The van der Waals surface area contributed by atoms with Crippen molar-refractivity contribution in [2.24, 2.45) is 0 Å². The first-order valence-corrected chi connectivity index (χ1v) is 7.01. The third-order valence-corrected chi connectivity index (χ3v) is 3.03. The summed E-state index contributed by atoms with van der Waals surface area (Å²) in [5, 5.41) is 11.9. The number of ether oxygens (including phenoxy) is 1. The Hall–Kier alpha value is -2.34. The minimum Gasteiger partial charge on any atom is -0.494 e. The highest BCUT2D eigenvalue weighted by Crippen LogP contribution is 2.13. The van der Waals surface area contributed by atoms with E-state index in [4.69, 9.17) is 9.15 Å². The molecule has 2 rings (SSSR count). The van der Waals surface area contributed by atoms with Crippen LogP contribution in [0.2, 0.25) is 0 Å². The summed E-state index contributed by atoms with van der Waals surface area (Å²) in [6.45, 7) is 0.120. The normalized spacial score (nSPS) is 11.9. The van der Waals surface area contributed by atoms with E-state index in [1.165, 1.54) is 30.5 Å². The lowest BCUT2D eigenvalue weighted by Crippen LogP contribution is -2.30. The zero-order valence-electron chi connectivity index (χ0n) is 12.0. The lowest BCUT2D eigenvalue weighted by Gasteiger charge is -2.14. The summed E-state index contributed by atoms with van der Waals surface area (Å²) >= 11 is 0. The van der Waals surface area contributed by atoms with Gasteiger partial charge in [0, 0.05) is 6.42 Å². The zero-order chi connectivity index (χ0) is 15.8. The number of aliphatic hydroxyl groups excluding tert-OH is 1. The predicted molar refractivity (Wildman–Crippen MR) is 77.8 cm³/mol. The van der Waals surface area contributed by atoms with Gasteiger partial charge in [-0.2, -0.15) is 0 Å². The summed E-state index contributed by atoms with van der Waals surface area (Å²) in [5.41, 5.74) is 0. The van der Waals surface area contributed by atoms with Crippen molar-refractivity contribution >= 4 is 5.91 Å². The Labute approximate surface area is 127 Å². The van der Waals surface area contributed by atoms with E-state index in [1.54, 1.807) is 12.1 Å². The molecule has 5 nitrogen and oxygen atoms in total. The number of amides is 1. The van der Waals surface area contributed by atoms with E-state index in [0.717, 1.165) is 0 Å². The fraction of sp³-hybridized carbons (Fsp3) is 0.312. The van der Waals surface area contributed by atoms with E-state index in [-0.39, 0.29) is 24.8 Å². The highest BCUT2D eigenvalue weighted by molar-refractivity contribution is 5.76. The number of rotatable bonds is 8. The van der Waals surface area contributed by atoms with Crippen LogP contribution in [0.3, 0.4) is 0 Å². The Kier molecular flexibility index (Phi) is 5.97. The predicted octanol–water partition coefficient (Wildman–Crippen LogP) is 2.43. The molecule has 0 aliphatic carbocycles. The number of carbonyl (C=O) groups is 1. The molecule has 1 aromatic carbocycles. The highest BCUT2D eigenvalue weighted by Gasteiger charge is 2.15. The Morgan fingerprint density at radius 3 is 2.73 bits per heavy atom. The second kappa shape index (κ2) is 8.19. The molecule has 0 radical (unpaired) electrons. The first-order valence-electron chi connectivity index (χ1n) is 7.01. The van der Waals surface area contributed by atoms with Crippen LogP contribution in [0.25, 0.3) is 0 Å². The van der Waals surface area contributed by atoms with Gasteiger partial charge in [0.25, 0.3) is 0 Å². The van der Waals surface area contributed by atoms with Crippen molar-refractivity contribution in [1.82, 2.24) is 5.32 Å². The molecule has 0 fully saturated rings. The lowest BCUT2D eigenvalue weighted by molar-refractivity contribution is -0.122. The van der Waals surface area contributed by atoms with Crippen LogP contribution in [0.15, 0.2) is 47.1 Å². The maximum Gasteiger partial charge on any atom is 0.220 e. The van der Waals surface area contributed by atoms with Gasteiger partial charge in [-0.15, -0.1) is 0 Å². The lowest BCUT2D eigenvalue weighted by atomic mass is 10.2. The molecular weight excluding hydrogens is 289 g/mol. The first kappa shape index (κ1) is 16.0. The topological polar surface area (TPSA) is 71.7 Å². The summed E-state index contributed by atoms with van der Waals surface area (Å²) in [6, 6.07) is 8.55. The molecule has 0 spiro atoms. The molecule has 1 heterocycles. The van der Waals surface area contributed by atoms with E-state index in [0.29, 0.717) is 24.5 Å². The van der Waals surface area contributed by atoms with Crippen molar-refractivity contribution in [3.63, 3.8) is 0 Å². The highest BCUT2D eigenvalue weighted by atomic mass is 19.1. The van der Waals surface area contributed by atoms with Crippen molar-refractivity contribution in [1.29, 1.82) is 0 Å². The molecule has 6 heteroatoms. The van der Waals surface area contributed by atoms with Crippen molar-refractivity contribution in [3.05, 3.63) is 54.2 Å². The van der Waals surface area contributed by atoms with Crippen LogP contribution < -0.4 is 10.1 Å². The van der Waals surface area contributed by atoms with Gasteiger partial charge < -0.3 is 19.6 Å². The summed E-state index contributed by atoms with van der Waals surface area (Å²) < 4.78 is 23.3. The van der Waals surface area contributed by atoms with Crippen LogP contribution in [-0.4, -0.2) is 24.2 Å². The molecule has 118 valence electrons. The Morgan fingerprint density at radius 1 is 1.32 bits per heavy atom. The summed E-state index contributed by atoms with van der Waals surface area (Å²) in [5.74, 6) is 0.557. The third kappa shape index (κ3) is 4.89. The standard InChI is InChI=1S/C16H18FNO4/c17-12-5-7-13(8-6-12)21-9-2-4-16(20)18-14(11-19)15-3-1-10-22-15/h1,3,5-8,10,14,19H,2,4,9,11H2,(H,18,20). The van der Waals surface area contributed by atoms with E-state index < -0.39 is 6.04 Å². The molecule has 0 aliphatic rings. The van der Waals surface area contributed by atoms with Crippen molar-refractivity contribution in [3.8, 4) is 5.75 Å². The van der Waals surface area contributed by atoms with Crippen LogP contribution in [0.1, 0.15) is 24.6 Å². The maximum absolute atomic E-state index is 12.7. The number of hydrogen-bond acceptors (Lipinski definition) is 4. The Morgan fingerprint density at radius 2 is 2.09 bits per heavy atom. The number of benzene rings is 1. The molecule has 1 amide bonds. The Bertz CT molecular complexity index is 568. The molecule has 2 aromatic rings. The summed E-state index contributed by atoms with van der Waals surface area (Å²) in [6.07, 6.45) is 2.26. The van der Waals surface area contributed by atoms with Gasteiger partial charge in [-0.05, 0) is 42.8 Å². The number of aliphatic hydroxyl groups is 1. The Balaban J connectivity index is 1.68. The summed E-state index contributed by atoms with van der Waals surface area (Å²) in [7, 11) is 0. The van der Waals surface area contributed by atoms with Gasteiger partial charge in [0.2, 0.25) is 5.91 Å². The van der Waals surface area contributed by atoms with Crippen molar-refractivity contribution in [2.75, 3.05) is 13.2 Å². The second-order valence-corrected chi connectivity index (χ2v) is 4.72. The molecular formula is C16H18FNO4. The zero-order valence-corrected chi connectivity index (χ0v) is 12.0. The number of halogens is 1. The number of nitrogens with one attached hydrogen (secondary N) is 1. The van der Waals surface area contributed by atoms with Gasteiger partial charge in [0.1, 0.15) is 23.4 Å². The molecule has 0 aliphatic heterocycles. The minimum absolute atomic E-state index is 0.196. The molecule has 1 aromatic heterocycles. The van der Waals surface area contributed by atoms with E-state index in [1.807, 2.05) is 0 Å². The summed E-state index contributed by atoms with van der Waals surface area (Å²) in [4.78, 5) is 11.8. The molecule has 0 saturated carbocycles. The van der Waals surface area contributed by atoms with Crippen LogP contribution in [-0.2, 0) is 4.79 Å². The number of carbonyl (C=O) groups excluding carboxylic acids is 1. The second-order valence-electron chi connectivity index (χ2n) is 4.72. The number of furan rings is 1. The van der Waals surface area contributed by atoms with Crippen LogP contribution in [0, 0.1) is 5.82 Å². The smallest absolute Gasteiger partial charge is 0.220 e. The van der Waals surface area contributed by atoms with Gasteiger partial charge in [0.15, 0.2) is 0 Å². The van der Waals surface area contributed by atoms with E-state index in [2.05, 4.69) is 5.32 Å². The van der Waals surface area contributed by atoms with Crippen molar-refractivity contribution < 1.29 is 23.4 Å². The molecule has 2 N–H and O–H groups in total. The van der Waals surface area contributed by atoms with Crippen LogP contribution >= 0.6 is 0 Å². The quantitative estimate of drug-likeness (QED) is 0.735. The molecule has 0 saturated heterocycles. The first-order chi connectivity index (χ1) is 10.7. The fourth-order valence-electron chi connectivity index (χ4n) is 1.92. The molecule has 22 heavy (non-hydrogen) atoms. The average molecular weight is 307 g/mol. The minimum atomic E-state index is -0.541. The van der Waals surface area contributed by atoms with Crippen LogP contribution in [0.4, 0.5) is 4.39 Å². The van der Waals surface area contributed by atoms with E-state index >= 15 is 0 Å². The average Bonchev–Trinajstić information content (AvgIpc) is 3.05. The molecule has 1 unspecified atom stereocenters. The van der Waals surface area contributed by atoms with E-state index in [9.17, 15) is 14.3 Å². The van der Waals surface area contributed by atoms with Gasteiger partial charge in [-0.1, -0.05) is 0 Å². The largest absolute Gasteiger partial charge is 0.494 e. The molecule has 0 bridgehead atoms.